The Bertz CT molecular complexity index is 187. The van der Waals surface area contributed by atoms with Gasteiger partial charge in [0.1, 0.15) is 0 Å². The first kappa shape index (κ1) is 8.53. The first-order chi connectivity index (χ1) is 5.43. The third kappa shape index (κ3) is 3.37. The van der Waals surface area contributed by atoms with Gasteiger partial charge in [-0.3, -0.25) is 0 Å². The van der Waals surface area contributed by atoms with E-state index in [2.05, 4.69) is 36.9 Å². The lowest BCUT2D eigenvalue weighted by Gasteiger charge is -1.90. The molecule has 1 rings (SSSR count). The van der Waals surface area contributed by atoms with Gasteiger partial charge in [0.05, 0.1) is 9.52 Å². The van der Waals surface area contributed by atoms with Crippen LogP contribution in [0.1, 0.15) is 26.2 Å². The van der Waals surface area contributed by atoms with Gasteiger partial charge in [0, 0.05) is 0 Å². The molecule has 0 N–H and O–H groups in total. The standard InChI is InChI=1S/C10H16Si/c1-2-3-4-5-7-10-8-6-9-11-10/h5-9H,2-4,11H2,1H3. The van der Waals surface area contributed by atoms with Crippen molar-refractivity contribution >= 4 is 9.52 Å². The Hall–Kier alpha value is -0.563. The van der Waals surface area contributed by atoms with Crippen LogP contribution in [0.3, 0.4) is 0 Å². The van der Waals surface area contributed by atoms with Crippen LogP contribution in [0.5, 0.6) is 0 Å². The molecule has 0 saturated heterocycles. The van der Waals surface area contributed by atoms with Crippen LogP contribution in [0.15, 0.2) is 35.2 Å². The van der Waals surface area contributed by atoms with Crippen LogP contribution >= 0.6 is 0 Å². The monoisotopic (exact) mass is 164 g/mol. The predicted octanol–water partition coefficient (Wildman–Crippen LogP) is 2.31. The molecule has 0 nitrogen and oxygen atoms in total. The summed E-state index contributed by atoms with van der Waals surface area (Å²) in [6, 6.07) is 0. The first-order valence-electron chi connectivity index (χ1n) is 4.45. The molecule has 60 valence electrons. The van der Waals surface area contributed by atoms with Crippen molar-refractivity contribution in [3.05, 3.63) is 35.2 Å². The van der Waals surface area contributed by atoms with Crippen molar-refractivity contribution in [3.8, 4) is 0 Å². The van der Waals surface area contributed by atoms with E-state index in [1.54, 1.807) is 5.20 Å². The lowest BCUT2D eigenvalue weighted by Crippen LogP contribution is -1.82. The molecule has 0 aliphatic carbocycles. The Balaban J connectivity index is 2.15. The average molecular weight is 164 g/mol. The van der Waals surface area contributed by atoms with E-state index < -0.39 is 0 Å². The Morgan fingerprint density at radius 3 is 3.09 bits per heavy atom. The van der Waals surface area contributed by atoms with Gasteiger partial charge < -0.3 is 0 Å². The molecule has 0 aromatic heterocycles. The van der Waals surface area contributed by atoms with Crippen molar-refractivity contribution in [3.63, 3.8) is 0 Å². The van der Waals surface area contributed by atoms with Crippen molar-refractivity contribution in [2.45, 2.75) is 26.2 Å². The van der Waals surface area contributed by atoms with Gasteiger partial charge in [0.25, 0.3) is 0 Å². The molecule has 0 aromatic carbocycles. The van der Waals surface area contributed by atoms with Gasteiger partial charge in [0.15, 0.2) is 0 Å². The molecule has 0 radical (unpaired) electrons. The molecule has 1 heteroatoms. The minimum Gasteiger partial charge on any atom is -0.0961 e. The second-order valence-electron chi connectivity index (χ2n) is 2.92. The predicted molar refractivity (Wildman–Crippen MR) is 54.4 cm³/mol. The fraction of sp³-hybridized carbons (Fsp3) is 0.400. The normalized spacial score (nSPS) is 18.5. The maximum atomic E-state index is 2.33. The van der Waals surface area contributed by atoms with Crippen molar-refractivity contribution in [2.75, 3.05) is 0 Å². The zero-order valence-electron chi connectivity index (χ0n) is 7.22. The fourth-order valence-electron chi connectivity index (χ4n) is 1.14. The largest absolute Gasteiger partial charge is 0.0961 e. The van der Waals surface area contributed by atoms with Crippen molar-refractivity contribution < 1.29 is 0 Å². The van der Waals surface area contributed by atoms with Crippen LogP contribution in [0.25, 0.3) is 0 Å². The Kier molecular flexibility index (Phi) is 3.98. The number of rotatable bonds is 4. The molecule has 1 aliphatic rings. The quantitative estimate of drug-likeness (QED) is 0.442. The van der Waals surface area contributed by atoms with E-state index >= 15 is 0 Å². The summed E-state index contributed by atoms with van der Waals surface area (Å²) < 4.78 is 0. The number of hydrogen-bond donors (Lipinski definition) is 0. The minimum atomic E-state index is 0.0167. The van der Waals surface area contributed by atoms with Gasteiger partial charge in [-0.25, -0.2) is 0 Å². The van der Waals surface area contributed by atoms with E-state index in [1.807, 2.05) is 0 Å². The van der Waals surface area contributed by atoms with E-state index in [4.69, 9.17) is 0 Å². The molecule has 11 heavy (non-hydrogen) atoms. The van der Waals surface area contributed by atoms with Crippen LogP contribution in [0.2, 0.25) is 0 Å². The van der Waals surface area contributed by atoms with Gasteiger partial charge in [-0.05, 0) is 6.42 Å². The lowest BCUT2D eigenvalue weighted by molar-refractivity contribution is 0.815. The molecule has 0 atom stereocenters. The summed E-state index contributed by atoms with van der Waals surface area (Å²) in [6.45, 7) is 2.24. The molecule has 1 aliphatic heterocycles. The van der Waals surface area contributed by atoms with Gasteiger partial charge in [0.2, 0.25) is 0 Å². The lowest BCUT2D eigenvalue weighted by atomic mass is 10.2. The third-order valence-corrected chi connectivity index (χ3v) is 3.31. The van der Waals surface area contributed by atoms with E-state index in [0.29, 0.717) is 0 Å². The van der Waals surface area contributed by atoms with E-state index in [0.717, 1.165) is 0 Å². The van der Waals surface area contributed by atoms with Crippen LogP contribution in [0.4, 0.5) is 0 Å². The van der Waals surface area contributed by atoms with Crippen LogP contribution in [-0.2, 0) is 0 Å². The van der Waals surface area contributed by atoms with Crippen molar-refractivity contribution in [2.24, 2.45) is 0 Å². The summed E-state index contributed by atoms with van der Waals surface area (Å²) >= 11 is 0. The summed E-state index contributed by atoms with van der Waals surface area (Å²) in [5.74, 6) is 0. The third-order valence-electron chi connectivity index (χ3n) is 1.86. The summed E-state index contributed by atoms with van der Waals surface area (Å²) in [4.78, 5) is 0. The molecule has 0 bridgehead atoms. The first-order valence-corrected chi connectivity index (χ1v) is 5.98. The fourth-order valence-corrected chi connectivity index (χ4v) is 2.26. The number of unbranched alkanes of at least 4 members (excludes halogenated alkanes) is 2. The van der Waals surface area contributed by atoms with Crippen LogP contribution < -0.4 is 0 Å². The van der Waals surface area contributed by atoms with E-state index in [-0.39, 0.29) is 9.52 Å². The van der Waals surface area contributed by atoms with Crippen LogP contribution in [-0.4, -0.2) is 9.52 Å². The van der Waals surface area contributed by atoms with E-state index in [1.165, 1.54) is 19.3 Å². The molecule has 1 heterocycles. The van der Waals surface area contributed by atoms with Crippen LogP contribution in [0, 0.1) is 0 Å². The molecular weight excluding hydrogens is 148 g/mol. The smallest absolute Gasteiger partial charge is 0.0783 e. The van der Waals surface area contributed by atoms with E-state index in [9.17, 15) is 0 Å². The molecular formula is C10H16Si. The highest BCUT2D eigenvalue weighted by atomic mass is 28.2. The summed E-state index contributed by atoms with van der Waals surface area (Å²) in [5, 5.41) is 1.58. The summed E-state index contributed by atoms with van der Waals surface area (Å²) in [5.41, 5.74) is 2.33. The SMILES string of the molecule is CCCCC=CC1=CC=C[SiH2]1. The molecule has 0 spiro atoms. The number of allylic oxidation sites excluding steroid dienone is 5. The summed E-state index contributed by atoms with van der Waals surface area (Å²) in [7, 11) is 0.0167. The Labute approximate surface area is 71.5 Å². The zero-order valence-corrected chi connectivity index (χ0v) is 8.63. The Morgan fingerprint density at radius 2 is 2.45 bits per heavy atom. The zero-order chi connectivity index (χ0) is 7.94. The molecule has 0 unspecified atom stereocenters. The Morgan fingerprint density at radius 1 is 1.55 bits per heavy atom. The highest BCUT2D eigenvalue weighted by Crippen LogP contribution is 2.04. The molecule has 0 saturated carbocycles. The maximum Gasteiger partial charge on any atom is 0.0783 e. The number of hydrogen-bond acceptors (Lipinski definition) is 0. The van der Waals surface area contributed by atoms with Crippen molar-refractivity contribution in [1.29, 1.82) is 0 Å². The molecule has 0 fully saturated rings. The molecule has 0 amide bonds. The topological polar surface area (TPSA) is 0 Å². The van der Waals surface area contributed by atoms with Gasteiger partial charge in [-0.1, -0.05) is 55.0 Å². The highest BCUT2D eigenvalue weighted by Gasteiger charge is 1.92. The average Bonchev–Trinajstić information content (AvgIpc) is 2.50. The minimum absolute atomic E-state index is 0.0167. The maximum absolute atomic E-state index is 2.33. The second kappa shape index (κ2) is 5.14. The van der Waals surface area contributed by atoms with Crippen molar-refractivity contribution in [1.82, 2.24) is 0 Å². The van der Waals surface area contributed by atoms with Gasteiger partial charge in [-0.2, -0.15) is 0 Å². The van der Waals surface area contributed by atoms with Gasteiger partial charge >= 0.3 is 0 Å². The highest BCUT2D eigenvalue weighted by molar-refractivity contribution is 6.53. The summed E-state index contributed by atoms with van der Waals surface area (Å²) in [6.07, 6.45) is 12.9. The molecule has 0 aromatic rings. The second-order valence-corrected chi connectivity index (χ2v) is 4.61. The van der Waals surface area contributed by atoms with Gasteiger partial charge in [-0.15, -0.1) is 0 Å².